The van der Waals surface area contributed by atoms with Gasteiger partial charge in [0, 0.05) is 24.3 Å². The number of ether oxygens (including phenoxy) is 2. The van der Waals surface area contributed by atoms with Crippen LogP contribution in [0.2, 0.25) is 0 Å². The first-order valence-corrected chi connectivity index (χ1v) is 9.64. The summed E-state index contributed by atoms with van der Waals surface area (Å²) >= 11 is 0. The van der Waals surface area contributed by atoms with E-state index in [0.717, 1.165) is 12.8 Å². The highest BCUT2D eigenvalue weighted by Crippen LogP contribution is 2.33. The summed E-state index contributed by atoms with van der Waals surface area (Å²) in [7, 11) is 0. The van der Waals surface area contributed by atoms with Crippen molar-refractivity contribution in [2.45, 2.75) is 38.5 Å². The van der Waals surface area contributed by atoms with Gasteiger partial charge in [-0.15, -0.1) is 0 Å². The third-order valence-electron chi connectivity index (χ3n) is 4.97. The predicted molar refractivity (Wildman–Crippen MR) is 103 cm³/mol. The number of hydrogen-bond donors (Lipinski definition) is 2. The lowest BCUT2D eigenvalue weighted by atomic mass is 10.1. The molecule has 2 fully saturated rings. The first kappa shape index (κ1) is 21.9. The summed E-state index contributed by atoms with van der Waals surface area (Å²) in [6, 6.07) is 2.93. The fourth-order valence-electron chi connectivity index (χ4n) is 3.47. The fourth-order valence-corrected chi connectivity index (χ4v) is 3.47. The van der Waals surface area contributed by atoms with Crippen molar-refractivity contribution in [1.82, 2.24) is 4.90 Å². The van der Waals surface area contributed by atoms with Crippen LogP contribution in [0.5, 0.6) is 5.75 Å². The van der Waals surface area contributed by atoms with Gasteiger partial charge in [0.2, 0.25) is 5.91 Å². The molecule has 1 saturated carbocycles. The number of amides is 3. The van der Waals surface area contributed by atoms with E-state index in [9.17, 15) is 23.2 Å². The second-order valence-electron chi connectivity index (χ2n) is 7.01. The number of halogens is 2. The van der Waals surface area contributed by atoms with E-state index in [1.807, 2.05) is 0 Å². The molecule has 0 spiro atoms. The van der Waals surface area contributed by atoms with Crippen molar-refractivity contribution in [2.75, 3.05) is 36.5 Å². The number of anilines is 2. The lowest BCUT2D eigenvalue weighted by Gasteiger charge is -2.29. The fraction of sp³-hybridized carbons (Fsp3) is 0.526. The number of nitrogens with two attached hydrogens (primary N) is 1. The van der Waals surface area contributed by atoms with Gasteiger partial charge in [-0.3, -0.25) is 19.3 Å². The van der Waals surface area contributed by atoms with Crippen LogP contribution in [0.25, 0.3) is 0 Å². The Morgan fingerprint density at radius 1 is 1.40 bits per heavy atom. The van der Waals surface area contributed by atoms with E-state index < -0.39 is 24.5 Å². The Morgan fingerprint density at radius 3 is 2.70 bits per heavy atom. The van der Waals surface area contributed by atoms with Gasteiger partial charge in [0.05, 0.1) is 12.3 Å². The molecule has 3 amide bonds. The van der Waals surface area contributed by atoms with Gasteiger partial charge >= 0.3 is 6.61 Å². The SMILES string of the molecule is CCN(C1CC1)[C@H](C(N)=O)C(=O)Nc1ccc(N2CCOCC2=O)cc1OC(F)F. The van der Waals surface area contributed by atoms with Crippen LogP contribution in [0.4, 0.5) is 20.2 Å². The maximum Gasteiger partial charge on any atom is 0.387 e. The summed E-state index contributed by atoms with van der Waals surface area (Å²) in [5.74, 6) is -2.20. The molecule has 9 nitrogen and oxygen atoms in total. The number of benzene rings is 1. The molecule has 2 aliphatic rings. The van der Waals surface area contributed by atoms with E-state index >= 15 is 0 Å². The minimum absolute atomic E-state index is 0.0529. The van der Waals surface area contributed by atoms with Gasteiger partial charge in [0.1, 0.15) is 6.61 Å². The first-order valence-electron chi connectivity index (χ1n) is 9.64. The van der Waals surface area contributed by atoms with E-state index in [1.165, 1.54) is 23.1 Å². The largest absolute Gasteiger partial charge is 0.433 e. The number of alkyl halides is 2. The molecule has 0 radical (unpaired) electrons. The average Bonchev–Trinajstić information content (AvgIpc) is 3.52. The maximum absolute atomic E-state index is 13.0. The topological polar surface area (TPSA) is 114 Å². The second kappa shape index (κ2) is 9.35. The van der Waals surface area contributed by atoms with Gasteiger partial charge in [0.25, 0.3) is 11.8 Å². The van der Waals surface area contributed by atoms with Crippen molar-refractivity contribution >= 4 is 29.1 Å². The number of hydrogen-bond acceptors (Lipinski definition) is 6. The van der Waals surface area contributed by atoms with Gasteiger partial charge < -0.3 is 25.4 Å². The van der Waals surface area contributed by atoms with Crippen LogP contribution in [-0.2, 0) is 19.1 Å². The van der Waals surface area contributed by atoms with Crippen LogP contribution >= 0.6 is 0 Å². The van der Waals surface area contributed by atoms with Crippen LogP contribution in [0.1, 0.15) is 19.8 Å². The Balaban J connectivity index is 1.85. The number of nitrogens with zero attached hydrogens (tertiary/aromatic N) is 2. The van der Waals surface area contributed by atoms with E-state index in [0.29, 0.717) is 18.8 Å². The minimum Gasteiger partial charge on any atom is -0.433 e. The quantitative estimate of drug-likeness (QED) is 0.568. The van der Waals surface area contributed by atoms with Crippen molar-refractivity contribution in [2.24, 2.45) is 5.73 Å². The Labute approximate surface area is 172 Å². The molecule has 1 aromatic rings. The number of carbonyl (C=O) groups excluding carboxylic acids is 3. The highest BCUT2D eigenvalue weighted by atomic mass is 19.3. The molecule has 1 aliphatic heterocycles. The van der Waals surface area contributed by atoms with Gasteiger partial charge in [-0.05, 0) is 31.5 Å². The monoisotopic (exact) mass is 426 g/mol. The summed E-state index contributed by atoms with van der Waals surface area (Å²) in [4.78, 5) is 39.8. The summed E-state index contributed by atoms with van der Waals surface area (Å²) in [6.07, 6.45) is 1.71. The summed E-state index contributed by atoms with van der Waals surface area (Å²) in [6.45, 7) is -0.455. The van der Waals surface area contributed by atoms with Crippen LogP contribution < -0.4 is 20.7 Å². The van der Waals surface area contributed by atoms with Crippen molar-refractivity contribution < 1.29 is 32.6 Å². The van der Waals surface area contributed by atoms with E-state index in [1.54, 1.807) is 11.8 Å². The molecular formula is C19H24F2N4O5. The second-order valence-corrected chi connectivity index (χ2v) is 7.01. The van der Waals surface area contributed by atoms with Gasteiger partial charge in [-0.2, -0.15) is 8.78 Å². The van der Waals surface area contributed by atoms with E-state index in [4.69, 9.17) is 10.5 Å². The highest BCUT2D eigenvalue weighted by Gasteiger charge is 2.39. The molecule has 0 aromatic heterocycles. The molecule has 0 bridgehead atoms. The molecule has 3 rings (SSSR count). The summed E-state index contributed by atoms with van der Waals surface area (Å²) < 4.78 is 35.5. The van der Waals surface area contributed by atoms with Crippen LogP contribution in [0, 0.1) is 0 Å². The Morgan fingerprint density at radius 2 is 2.13 bits per heavy atom. The standard InChI is InChI=1S/C19H24F2N4O5/c1-2-24(11-3-4-11)16(17(22)27)18(28)23-13-6-5-12(9-14(13)30-19(20)21)25-7-8-29-10-15(25)26/h5-6,9,11,16,19H,2-4,7-8,10H2,1H3,(H2,22,27)(H,23,28)/t16-/m1/s1. The predicted octanol–water partition coefficient (Wildman–Crippen LogP) is 0.928. The zero-order valence-corrected chi connectivity index (χ0v) is 16.5. The van der Waals surface area contributed by atoms with Gasteiger partial charge in [-0.25, -0.2) is 0 Å². The maximum atomic E-state index is 13.0. The lowest BCUT2D eigenvalue weighted by molar-refractivity contribution is -0.132. The Kier molecular flexibility index (Phi) is 6.83. The molecule has 3 N–H and O–H groups in total. The van der Waals surface area contributed by atoms with Gasteiger partial charge in [0.15, 0.2) is 11.8 Å². The Bertz CT molecular complexity index is 818. The van der Waals surface area contributed by atoms with Crippen molar-refractivity contribution in [3.8, 4) is 5.75 Å². The van der Waals surface area contributed by atoms with Crippen molar-refractivity contribution in [3.05, 3.63) is 18.2 Å². The normalized spacial score (nSPS) is 17.9. The molecule has 1 heterocycles. The highest BCUT2D eigenvalue weighted by molar-refractivity contribution is 6.10. The van der Waals surface area contributed by atoms with E-state index in [2.05, 4.69) is 10.1 Å². The smallest absolute Gasteiger partial charge is 0.387 e. The molecule has 0 unspecified atom stereocenters. The van der Waals surface area contributed by atoms with E-state index in [-0.39, 0.29) is 36.5 Å². The minimum atomic E-state index is -3.15. The molecular weight excluding hydrogens is 402 g/mol. The zero-order valence-electron chi connectivity index (χ0n) is 16.5. The number of rotatable bonds is 9. The van der Waals surface area contributed by atoms with Crippen LogP contribution in [0.15, 0.2) is 18.2 Å². The van der Waals surface area contributed by atoms with Crippen molar-refractivity contribution in [1.29, 1.82) is 0 Å². The van der Waals surface area contributed by atoms with Crippen LogP contribution in [0.3, 0.4) is 0 Å². The summed E-state index contributed by atoms with van der Waals surface area (Å²) in [5.41, 5.74) is 5.72. The first-order chi connectivity index (χ1) is 14.3. The molecule has 1 aromatic carbocycles. The molecule has 1 saturated heterocycles. The molecule has 1 aliphatic carbocycles. The number of nitrogens with one attached hydrogen (secondary N) is 1. The third-order valence-corrected chi connectivity index (χ3v) is 4.97. The number of likely N-dealkylation sites (N-methyl/N-ethyl adjacent to an activating group) is 1. The molecule has 1 atom stereocenters. The lowest BCUT2D eigenvalue weighted by Crippen LogP contribution is -2.53. The van der Waals surface area contributed by atoms with Crippen molar-refractivity contribution in [3.63, 3.8) is 0 Å². The zero-order chi connectivity index (χ0) is 21.8. The number of primary amides is 1. The number of carbonyl (C=O) groups is 3. The van der Waals surface area contributed by atoms with Gasteiger partial charge in [-0.1, -0.05) is 6.92 Å². The molecule has 30 heavy (non-hydrogen) atoms. The molecule has 11 heteroatoms. The average molecular weight is 426 g/mol. The Hall–Kier alpha value is -2.79. The summed E-state index contributed by atoms with van der Waals surface area (Å²) in [5, 5.41) is 2.47. The molecule has 164 valence electrons. The number of morpholine rings is 1. The third kappa shape index (κ3) is 5.03. The van der Waals surface area contributed by atoms with Crippen LogP contribution in [-0.4, -0.2) is 67.6 Å².